The smallest absolute Gasteiger partial charge is 0.130 e. The van der Waals surface area contributed by atoms with Crippen LogP contribution in [0.1, 0.15) is 18.2 Å². The number of pyridine rings is 1. The zero-order chi connectivity index (χ0) is 18.7. The molecule has 0 saturated carbocycles. The van der Waals surface area contributed by atoms with Crippen LogP contribution in [-0.4, -0.2) is 25.8 Å². The zero-order valence-electron chi connectivity index (χ0n) is 15.4. The molecule has 0 spiro atoms. The number of nitrogens with zero attached hydrogens (tertiary/aromatic N) is 1. The van der Waals surface area contributed by atoms with Crippen molar-refractivity contribution >= 4 is 26.8 Å². The van der Waals surface area contributed by atoms with Crippen molar-refractivity contribution in [3.8, 4) is 22.6 Å². The summed E-state index contributed by atoms with van der Waals surface area (Å²) in [5.41, 5.74) is 4.75. The van der Waals surface area contributed by atoms with Crippen LogP contribution in [0.5, 0.6) is 11.5 Å². The third kappa shape index (κ3) is 3.55. The molecule has 26 heavy (non-hydrogen) atoms. The number of fused-ring (bicyclic) bond motifs is 1. The molecule has 0 aliphatic carbocycles. The minimum atomic E-state index is 0.516. The van der Waals surface area contributed by atoms with Crippen molar-refractivity contribution in [1.29, 1.82) is 0 Å². The summed E-state index contributed by atoms with van der Waals surface area (Å²) >= 11 is 3.62. The fourth-order valence-electron chi connectivity index (χ4n) is 3.02. The number of methoxy groups -OCH3 is 2. The summed E-state index contributed by atoms with van der Waals surface area (Å²) in [4.78, 5) is 4.77. The Labute approximate surface area is 162 Å². The summed E-state index contributed by atoms with van der Waals surface area (Å²) in [7, 11) is 3.34. The van der Waals surface area contributed by atoms with Gasteiger partial charge in [0.2, 0.25) is 0 Å². The molecule has 2 aromatic carbocycles. The quantitative estimate of drug-likeness (QED) is 0.530. The number of ether oxygens (including phenoxy) is 3. The number of aryl methyl sites for hydroxylation is 1. The Bertz CT molecular complexity index is 915. The Morgan fingerprint density at radius 2 is 1.69 bits per heavy atom. The third-order valence-electron chi connectivity index (χ3n) is 4.25. The molecule has 1 heterocycles. The topological polar surface area (TPSA) is 40.6 Å². The standard InChI is InChI=1S/C21H22BrNO3/c1-5-26-12-14-10-18(24-3)20(19(11-14)25-4)16-8-9-17(22)15-7-6-13(2)23-21(15)16/h6-11H,5,12H2,1-4H3. The number of halogens is 1. The second-order valence-corrected chi connectivity index (χ2v) is 6.81. The number of rotatable bonds is 6. The van der Waals surface area contributed by atoms with Gasteiger partial charge in [0.05, 0.1) is 31.9 Å². The minimum Gasteiger partial charge on any atom is -0.496 e. The van der Waals surface area contributed by atoms with Gasteiger partial charge in [0, 0.05) is 27.7 Å². The van der Waals surface area contributed by atoms with E-state index in [4.69, 9.17) is 19.2 Å². The van der Waals surface area contributed by atoms with Crippen LogP contribution in [0.4, 0.5) is 0 Å². The molecule has 1 aromatic heterocycles. The summed E-state index contributed by atoms with van der Waals surface area (Å²) in [6.45, 7) is 5.14. The number of hydrogen-bond acceptors (Lipinski definition) is 4. The molecule has 0 radical (unpaired) electrons. The lowest BCUT2D eigenvalue weighted by molar-refractivity contribution is 0.133. The van der Waals surface area contributed by atoms with Gasteiger partial charge in [0.25, 0.3) is 0 Å². The molecular formula is C21H22BrNO3. The van der Waals surface area contributed by atoms with E-state index in [1.165, 1.54) is 0 Å². The highest BCUT2D eigenvalue weighted by Crippen LogP contribution is 2.43. The highest BCUT2D eigenvalue weighted by Gasteiger charge is 2.18. The van der Waals surface area contributed by atoms with Crippen LogP contribution in [-0.2, 0) is 11.3 Å². The molecule has 3 aromatic rings. The normalized spacial score (nSPS) is 11.0. The maximum absolute atomic E-state index is 5.70. The number of aromatic nitrogens is 1. The van der Waals surface area contributed by atoms with Crippen LogP contribution in [0.3, 0.4) is 0 Å². The van der Waals surface area contributed by atoms with Gasteiger partial charge in [-0.15, -0.1) is 0 Å². The zero-order valence-corrected chi connectivity index (χ0v) is 17.0. The highest BCUT2D eigenvalue weighted by atomic mass is 79.9. The van der Waals surface area contributed by atoms with E-state index < -0.39 is 0 Å². The second kappa shape index (κ2) is 8.06. The third-order valence-corrected chi connectivity index (χ3v) is 4.94. The van der Waals surface area contributed by atoms with Crippen LogP contribution < -0.4 is 9.47 Å². The Kier molecular flexibility index (Phi) is 5.79. The predicted molar refractivity (Wildman–Crippen MR) is 108 cm³/mol. The van der Waals surface area contributed by atoms with Crippen molar-refractivity contribution < 1.29 is 14.2 Å². The average Bonchev–Trinajstić information content (AvgIpc) is 2.66. The first-order valence-electron chi connectivity index (χ1n) is 8.48. The van der Waals surface area contributed by atoms with Crippen LogP contribution >= 0.6 is 15.9 Å². The molecule has 0 unspecified atom stereocenters. The van der Waals surface area contributed by atoms with E-state index >= 15 is 0 Å². The summed E-state index contributed by atoms with van der Waals surface area (Å²) in [6, 6.07) is 12.2. The first-order chi connectivity index (χ1) is 12.6. The van der Waals surface area contributed by atoms with E-state index in [2.05, 4.69) is 22.0 Å². The Morgan fingerprint density at radius 1 is 1.00 bits per heavy atom. The molecule has 5 heteroatoms. The van der Waals surface area contributed by atoms with Gasteiger partial charge in [-0.1, -0.05) is 22.0 Å². The van der Waals surface area contributed by atoms with Crippen LogP contribution in [0.25, 0.3) is 22.0 Å². The molecule has 0 atom stereocenters. The first-order valence-corrected chi connectivity index (χ1v) is 9.27. The molecule has 0 saturated heterocycles. The molecular weight excluding hydrogens is 394 g/mol. The van der Waals surface area contributed by atoms with E-state index in [-0.39, 0.29) is 0 Å². The lowest BCUT2D eigenvalue weighted by Crippen LogP contribution is -1.99. The van der Waals surface area contributed by atoms with Crippen LogP contribution in [0.2, 0.25) is 0 Å². The lowest BCUT2D eigenvalue weighted by atomic mass is 9.98. The van der Waals surface area contributed by atoms with E-state index in [9.17, 15) is 0 Å². The largest absolute Gasteiger partial charge is 0.496 e. The molecule has 0 bridgehead atoms. The average molecular weight is 416 g/mol. The molecule has 0 fully saturated rings. The fraction of sp³-hybridized carbons (Fsp3) is 0.286. The van der Waals surface area contributed by atoms with Crippen molar-refractivity contribution in [3.05, 3.63) is 52.1 Å². The molecule has 4 nitrogen and oxygen atoms in total. The van der Waals surface area contributed by atoms with E-state index in [1.807, 2.05) is 44.2 Å². The van der Waals surface area contributed by atoms with Gasteiger partial charge in [-0.25, -0.2) is 0 Å². The Hall–Kier alpha value is -2.11. The monoisotopic (exact) mass is 415 g/mol. The minimum absolute atomic E-state index is 0.516. The second-order valence-electron chi connectivity index (χ2n) is 5.96. The van der Waals surface area contributed by atoms with Gasteiger partial charge in [-0.3, -0.25) is 4.98 Å². The van der Waals surface area contributed by atoms with Gasteiger partial charge >= 0.3 is 0 Å². The van der Waals surface area contributed by atoms with Gasteiger partial charge in [-0.05, 0) is 49.7 Å². The summed E-state index contributed by atoms with van der Waals surface area (Å²) in [5, 5.41) is 1.05. The summed E-state index contributed by atoms with van der Waals surface area (Å²) in [6.07, 6.45) is 0. The molecule has 0 N–H and O–H groups in total. The molecule has 0 amide bonds. The number of benzene rings is 2. The van der Waals surface area contributed by atoms with Crippen molar-refractivity contribution in [1.82, 2.24) is 4.98 Å². The molecule has 0 aliphatic heterocycles. The fourth-order valence-corrected chi connectivity index (χ4v) is 3.47. The first kappa shape index (κ1) is 18.7. The highest BCUT2D eigenvalue weighted by molar-refractivity contribution is 9.10. The Balaban J connectivity index is 2.28. The lowest BCUT2D eigenvalue weighted by Gasteiger charge is -2.17. The van der Waals surface area contributed by atoms with E-state index in [1.54, 1.807) is 14.2 Å². The predicted octanol–water partition coefficient (Wildman–Crippen LogP) is 5.53. The molecule has 3 rings (SSSR count). The maximum atomic E-state index is 5.70. The van der Waals surface area contributed by atoms with Gasteiger partial charge in [-0.2, -0.15) is 0 Å². The van der Waals surface area contributed by atoms with Gasteiger partial charge < -0.3 is 14.2 Å². The van der Waals surface area contributed by atoms with Gasteiger partial charge in [0.15, 0.2) is 0 Å². The summed E-state index contributed by atoms with van der Waals surface area (Å²) < 4.78 is 17.9. The maximum Gasteiger partial charge on any atom is 0.130 e. The summed E-state index contributed by atoms with van der Waals surface area (Å²) in [5.74, 6) is 1.48. The number of hydrogen-bond donors (Lipinski definition) is 0. The van der Waals surface area contributed by atoms with Crippen LogP contribution in [0.15, 0.2) is 40.9 Å². The Morgan fingerprint density at radius 3 is 2.31 bits per heavy atom. The SMILES string of the molecule is CCOCc1cc(OC)c(-c2ccc(Br)c3ccc(C)nc23)c(OC)c1. The van der Waals surface area contributed by atoms with Crippen molar-refractivity contribution in [2.45, 2.75) is 20.5 Å². The van der Waals surface area contributed by atoms with Crippen molar-refractivity contribution in [2.24, 2.45) is 0 Å². The van der Waals surface area contributed by atoms with E-state index in [0.717, 1.165) is 49.3 Å². The molecule has 0 aliphatic rings. The molecule has 136 valence electrons. The van der Waals surface area contributed by atoms with Crippen molar-refractivity contribution in [2.75, 3.05) is 20.8 Å². The van der Waals surface area contributed by atoms with Crippen LogP contribution in [0, 0.1) is 6.92 Å². The van der Waals surface area contributed by atoms with Crippen molar-refractivity contribution in [3.63, 3.8) is 0 Å². The van der Waals surface area contributed by atoms with Gasteiger partial charge in [0.1, 0.15) is 11.5 Å². The van der Waals surface area contributed by atoms with E-state index in [0.29, 0.717) is 13.2 Å².